The summed E-state index contributed by atoms with van der Waals surface area (Å²) in [4.78, 5) is 11.8. The summed E-state index contributed by atoms with van der Waals surface area (Å²) in [5.41, 5.74) is 0.974. The van der Waals surface area contributed by atoms with E-state index in [2.05, 4.69) is 24.5 Å². The molecule has 2 N–H and O–H groups in total. The van der Waals surface area contributed by atoms with Crippen molar-refractivity contribution in [2.75, 3.05) is 26.9 Å². The summed E-state index contributed by atoms with van der Waals surface area (Å²) in [6.45, 7) is 5.96. The van der Waals surface area contributed by atoms with Crippen LogP contribution < -0.4 is 20.1 Å². The van der Waals surface area contributed by atoms with Gasteiger partial charge in [-0.2, -0.15) is 0 Å². The van der Waals surface area contributed by atoms with Crippen LogP contribution >= 0.6 is 12.4 Å². The minimum atomic E-state index is -0.153. The number of hydrogen-bond acceptors (Lipinski definition) is 4. The summed E-state index contributed by atoms with van der Waals surface area (Å²) in [5.74, 6) is 1.66. The highest BCUT2D eigenvalue weighted by Gasteiger charge is 2.24. The Kier molecular flexibility index (Phi) is 6.97. The van der Waals surface area contributed by atoms with E-state index in [1.165, 1.54) is 0 Å². The highest BCUT2D eigenvalue weighted by atomic mass is 35.5. The van der Waals surface area contributed by atoms with Crippen LogP contribution in [0.25, 0.3) is 0 Å². The molecule has 0 atom stereocenters. The Morgan fingerprint density at radius 1 is 1.27 bits per heavy atom. The number of fused-ring (bicyclic) bond motifs is 1. The number of hydrogen-bond donors (Lipinski definition) is 2. The van der Waals surface area contributed by atoms with Crippen molar-refractivity contribution in [3.05, 3.63) is 23.8 Å². The smallest absolute Gasteiger partial charge is 0.231 e. The number of halogens is 1. The van der Waals surface area contributed by atoms with Gasteiger partial charge in [-0.05, 0) is 37.7 Å². The lowest BCUT2D eigenvalue weighted by atomic mass is 9.84. The molecule has 1 heterocycles. The molecule has 0 fully saturated rings. The number of carbonyl (C=O) groups is 1. The lowest BCUT2D eigenvalue weighted by Gasteiger charge is -2.26. The van der Waals surface area contributed by atoms with Crippen LogP contribution in [0.3, 0.4) is 0 Å². The Hall–Kier alpha value is -1.46. The molecule has 124 valence electrons. The van der Waals surface area contributed by atoms with Gasteiger partial charge in [0.2, 0.25) is 12.7 Å². The number of benzene rings is 1. The van der Waals surface area contributed by atoms with E-state index >= 15 is 0 Å². The van der Waals surface area contributed by atoms with Crippen molar-refractivity contribution in [3.8, 4) is 11.5 Å². The van der Waals surface area contributed by atoms with E-state index in [-0.39, 0.29) is 30.5 Å². The van der Waals surface area contributed by atoms with Gasteiger partial charge in [0.25, 0.3) is 0 Å². The molecule has 1 aliphatic heterocycles. The van der Waals surface area contributed by atoms with Gasteiger partial charge in [0.15, 0.2) is 11.5 Å². The van der Waals surface area contributed by atoms with E-state index in [0.717, 1.165) is 30.0 Å². The number of carbonyl (C=O) groups excluding carboxylic acids is 1. The first-order valence-electron chi connectivity index (χ1n) is 7.34. The molecule has 0 aliphatic carbocycles. The fraction of sp³-hybridized carbons (Fsp3) is 0.562. The fourth-order valence-corrected chi connectivity index (χ4v) is 2.25. The summed E-state index contributed by atoms with van der Waals surface area (Å²) in [5, 5.41) is 6.05. The van der Waals surface area contributed by atoms with Crippen molar-refractivity contribution in [2.45, 2.75) is 32.1 Å². The van der Waals surface area contributed by atoms with Gasteiger partial charge in [-0.15, -0.1) is 12.4 Å². The second-order valence-electron chi connectivity index (χ2n) is 5.94. The van der Waals surface area contributed by atoms with Crippen LogP contribution in [0.5, 0.6) is 11.5 Å². The molecule has 22 heavy (non-hydrogen) atoms. The average molecular weight is 329 g/mol. The molecule has 6 heteroatoms. The van der Waals surface area contributed by atoms with E-state index in [9.17, 15) is 4.79 Å². The molecule has 0 spiro atoms. The summed E-state index contributed by atoms with van der Waals surface area (Å²) in [7, 11) is 1.89. The Balaban J connectivity index is 0.00000242. The van der Waals surface area contributed by atoms with Gasteiger partial charge in [-0.1, -0.05) is 19.9 Å². The topological polar surface area (TPSA) is 59.6 Å². The van der Waals surface area contributed by atoms with Gasteiger partial charge < -0.3 is 20.1 Å². The molecule has 0 unspecified atom stereocenters. The molecule has 1 aromatic rings. The second-order valence-corrected chi connectivity index (χ2v) is 5.94. The van der Waals surface area contributed by atoms with Crippen molar-refractivity contribution in [2.24, 2.45) is 0 Å². The summed E-state index contributed by atoms with van der Waals surface area (Å²) < 4.78 is 10.7. The van der Waals surface area contributed by atoms with Crippen molar-refractivity contribution >= 4 is 18.3 Å². The Bertz CT molecular complexity index is 506. The maximum absolute atomic E-state index is 11.8. The molecule has 1 amide bonds. The van der Waals surface area contributed by atoms with Gasteiger partial charge in [-0.3, -0.25) is 4.79 Å². The highest BCUT2D eigenvalue weighted by molar-refractivity contribution is 5.85. The van der Waals surface area contributed by atoms with Crippen molar-refractivity contribution in [1.29, 1.82) is 0 Å². The fourth-order valence-electron chi connectivity index (χ4n) is 2.25. The first-order chi connectivity index (χ1) is 10.0. The molecule has 0 radical (unpaired) electrons. The zero-order valence-corrected chi connectivity index (χ0v) is 14.2. The minimum absolute atomic E-state index is 0. The first kappa shape index (κ1) is 18.6. The maximum Gasteiger partial charge on any atom is 0.231 e. The molecule has 5 nitrogen and oxygen atoms in total. The van der Waals surface area contributed by atoms with Gasteiger partial charge in [-0.25, -0.2) is 0 Å². The largest absolute Gasteiger partial charge is 0.454 e. The predicted octanol–water partition coefficient (Wildman–Crippen LogP) is 2.23. The predicted molar refractivity (Wildman–Crippen MR) is 89.0 cm³/mol. The zero-order valence-electron chi connectivity index (χ0n) is 13.4. The van der Waals surface area contributed by atoms with E-state index in [1.807, 2.05) is 25.2 Å². The molecule has 0 bridgehead atoms. The van der Waals surface area contributed by atoms with Crippen molar-refractivity contribution < 1.29 is 14.3 Å². The van der Waals surface area contributed by atoms with E-state index in [1.54, 1.807) is 0 Å². The molecule has 0 aromatic heterocycles. The lowest BCUT2D eigenvalue weighted by molar-refractivity contribution is -0.121. The van der Waals surface area contributed by atoms with Gasteiger partial charge in [0, 0.05) is 18.4 Å². The van der Waals surface area contributed by atoms with Gasteiger partial charge >= 0.3 is 0 Å². The SMILES string of the molecule is CNCCCC(=O)NCC(C)(C)c1ccc2c(c1)OCO2.Cl. The summed E-state index contributed by atoms with van der Waals surface area (Å²) >= 11 is 0. The van der Waals surface area contributed by atoms with Gasteiger partial charge in [0.05, 0.1) is 0 Å². The molecular weight excluding hydrogens is 304 g/mol. The average Bonchev–Trinajstić information content (AvgIpc) is 2.93. The first-order valence-corrected chi connectivity index (χ1v) is 7.34. The van der Waals surface area contributed by atoms with E-state index < -0.39 is 0 Å². The van der Waals surface area contributed by atoms with Gasteiger partial charge in [0.1, 0.15) is 0 Å². The van der Waals surface area contributed by atoms with E-state index in [0.29, 0.717) is 13.0 Å². The number of amides is 1. The summed E-state index contributed by atoms with van der Waals surface area (Å²) in [6, 6.07) is 5.95. The van der Waals surface area contributed by atoms with Crippen LogP contribution in [-0.4, -0.2) is 32.8 Å². The molecule has 1 aliphatic rings. The molecule has 0 saturated carbocycles. The molecule has 1 aromatic carbocycles. The molecular formula is C16H25ClN2O3. The monoisotopic (exact) mass is 328 g/mol. The standard InChI is InChI=1S/C16H24N2O3.ClH/c1-16(2,10-18-15(19)5-4-8-17-3)12-6-7-13-14(9-12)21-11-20-13;/h6-7,9,17H,4-5,8,10-11H2,1-3H3,(H,18,19);1H. The Morgan fingerprint density at radius 2 is 2.00 bits per heavy atom. The third kappa shape index (κ3) is 4.78. The van der Waals surface area contributed by atoms with Crippen LogP contribution in [-0.2, 0) is 10.2 Å². The summed E-state index contributed by atoms with van der Waals surface area (Å²) in [6.07, 6.45) is 1.41. The quantitative estimate of drug-likeness (QED) is 0.754. The number of ether oxygens (including phenoxy) is 2. The number of nitrogens with one attached hydrogen (secondary N) is 2. The van der Waals surface area contributed by atoms with Crippen molar-refractivity contribution in [1.82, 2.24) is 10.6 Å². The third-order valence-electron chi connectivity index (χ3n) is 3.71. The maximum atomic E-state index is 11.8. The van der Waals surface area contributed by atoms with Crippen LogP contribution in [0.4, 0.5) is 0 Å². The lowest BCUT2D eigenvalue weighted by Crippen LogP contribution is -2.36. The second kappa shape index (κ2) is 8.25. The molecule has 2 rings (SSSR count). The normalized spacial score (nSPS) is 12.7. The third-order valence-corrected chi connectivity index (χ3v) is 3.71. The van der Waals surface area contributed by atoms with Crippen LogP contribution in [0, 0.1) is 0 Å². The van der Waals surface area contributed by atoms with Crippen LogP contribution in [0.15, 0.2) is 18.2 Å². The van der Waals surface area contributed by atoms with E-state index in [4.69, 9.17) is 9.47 Å². The Labute approximate surface area is 138 Å². The number of rotatable bonds is 7. The minimum Gasteiger partial charge on any atom is -0.454 e. The molecule has 0 saturated heterocycles. The van der Waals surface area contributed by atoms with Crippen LogP contribution in [0.2, 0.25) is 0 Å². The highest BCUT2D eigenvalue weighted by Crippen LogP contribution is 2.36. The zero-order chi connectivity index (χ0) is 15.3. The van der Waals surface area contributed by atoms with Crippen molar-refractivity contribution in [3.63, 3.8) is 0 Å². The Morgan fingerprint density at radius 3 is 2.73 bits per heavy atom. The van der Waals surface area contributed by atoms with Crippen LogP contribution in [0.1, 0.15) is 32.3 Å².